The van der Waals surface area contributed by atoms with Crippen LogP contribution in [0.3, 0.4) is 0 Å². The summed E-state index contributed by atoms with van der Waals surface area (Å²) in [6.07, 6.45) is 4.55. The molecule has 0 atom stereocenters. The molecule has 5 heteroatoms. The maximum Gasteiger partial charge on any atom is 0.305 e. The molecule has 37 heavy (non-hydrogen) atoms. The van der Waals surface area contributed by atoms with Gasteiger partial charge >= 0.3 is 5.97 Å². The van der Waals surface area contributed by atoms with Gasteiger partial charge in [0.2, 0.25) is 0 Å². The van der Waals surface area contributed by atoms with Gasteiger partial charge < -0.3 is 4.74 Å². The molecule has 0 radical (unpaired) electrons. The molecule has 0 N–H and O–H groups in total. The third-order valence-electron chi connectivity index (χ3n) is 5.59. The van der Waals surface area contributed by atoms with Gasteiger partial charge in [-0.2, -0.15) is 0 Å². The molecule has 1 heterocycles. The minimum Gasteiger partial charge on any atom is -0.466 e. The Kier molecular flexibility index (Phi) is 15.3. The van der Waals surface area contributed by atoms with Crippen LogP contribution in [-0.2, 0) is 22.4 Å². The van der Waals surface area contributed by atoms with E-state index in [1.165, 1.54) is 0 Å². The van der Waals surface area contributed by atoms with Crippen LogP contribution in [0.4, 0.5) is 0 Å². The van der Waals surface area contributed by atoms with E-state index < -0.39 is 0 Å². The highest BCUT2D eigenvalue weighted by Crippen LogP contribution is 2.27. The second-order valence-electron chi connectivity index (χ2n) is 7.91. The van der Waals surface area contributed by atoms with Crippen molar-refractivity contribution in [2.24, 2.45) is 0 Å². The van der Waals surface area contributed by atoms with Crippen molar-refractivity contribution in [3.8, 4) is 0 Å². The molecular weight excluding hydrogens is 460 g/mol. The predicted molar refractivity (Wildman–Crippen MR) is 155 cm³/mol. The highest BCUT2D eigenvalue weighted by molar-refractivity contribution is 5.69. The zero-order valence-corrected chi connectivity index (χ0v) is 23.5. The number of ether oxygens (including phenoxy) is 1. The number of aromatic nitrogens is 2. The van der Waals surface area contributed by atoms with Crippen LogP contribution in [0.25, 0.3) is 6.08 Å². The van der Waals surface area contributed by atoms with Crippen LogP contribution in [0.15, 0.2) is 72.0 Å². The monoisotopic (exact) mass is 504 g/mol. The van der Waals surface area contributed by atoms with Crippen molar-refractivity contribution in [1.82, 2.24) is 9.55 Å². The summed E-state index contributed by atoms with van der Waals surface area (Å²) < 4.78 is 6.79. The van der Waals surface area contributed by atoms with Crippen LogP contribution >= 0.6 is 0 Å². The van der Waals surface area contributed by atoms with Crippen molar-refractivity contribution >= 4 is 12.0 Å². The molecule has 1 aromatic heterocycles. The van der Waals surface area contributed by atoms with Crippen LogP contribution in [0, 0.1) is 0 Å². The Morgan fingerprint density at radius 1 is 0.946 bits per heavy atom. The first-order valence-corrected chi connectivity index (χ1v) is 13.6. The van der Waals surface area contributed by atoms with Gasteiger partial charge in [-0.15, -0.1) is 0 Å². The average Bonchev–Trinajstić information content (AvgIpc) is 2.95. The van der Waals surface area contributed by atoms with E-state index in [0.29, 0.717) is 43.7 Å². The predicted octanol–water partition coefficient (Wildman–Crippen LogP) is 7.41. The zero-order chi connectivity index (χ0) is 27.6. The van der Waals surface area contributed by atoms with Crippen LogP contribution < -0.4 is 5.56 Å². The van der Waals surface area contributed by atoms with Crippen molar-refractivity contribution in [3.05, 3.63) is 106 Å². The van der Waals surface area contributed by atoms with E-state index in [1.807, 2.05) is 88.4 Å². The third kappa shape index (κ3) is 8.85. The van der Waals surface area contributed by atoms with E-state index in [-0.39, 0.29) is 17.6 Å². The Balaban J connectivity index is 0.00000163. The topological polar surface area (TPSA) is 61.2 Å². The first kappa shape index (κ1) is 31.6. The van der Waals surface area contributed by atoms with Crippen molar-refractivity contribution in [2.45, 2.75) is 79.7 Å². The van der Waals surface area contributed by atoms with Gasteiger partial charge in [0, 0.05) is 12.0 Å². The SMILES string of the molecule is C=Cc1nc(CCCC(=O)OCC)c(CCC)c(=O)n1C(c1ccccc1)c1ccccc1.CC.CC. The maximum atomic E-state index is 13.9. The molecule has 0 spiro atoms. The molecule has 0 aliphatic rings. The summed E-state index contributed by atoms with van der Waals surface area (Å²) in [5, 5.41) is 0. The Hall–Kier alpha value is -3.47. The van der Waals surface area contributed by atoms with Crippen molar-refractivity contribution in [2.75, 3.05) is 6.61 Å². The molecule has 0 amide bonds. The molecule has 0 fully saturated rings. The molecule has 0 saturated carbocycles. The molecule has 0 bridgehead atoms. The van der Waals surface area contributed by atoms with E-state index >= 15 is 0 Å². The van der Waals surface area contributed by atoms with Gasteiger partial charge in [0.15, 0.2) is 0 Å². The van der Waals surface area contributed by atoms with Crippen LogP contribution in [0.1, 0.15) is 95.1 Å². The second kappa shape index (κ2) is 17.9. The summed E-state index contributed by atoms with van der Waals surface area (Å²) >= 11 is 0. The Bertz CT molecular complexity index is 1080. The minimum absolute atomic E-state index is 0.0504. The lowest BCUT2D eigenvalue weighted by Gasteiger charge is -2.25. The summed E-state index contributed by atoms with van der Waals surface area (Å²) in [6.45, 7) is 16.2. The summed E-state index contributed by atoms with van der Waals surface area (Å²) in [5.41, 5.74) is 3.42. The Morgan fingerprint density at radius 2 is 1.49 bits per heavy atom. The second-order valence-corrected chi connectivity index (χ2v) is 7.91. The molecule has 0 aliphatic heterocycles. The fourth-order valence-corrected chi connectivity index (χ4v) is 4.13. The van der Waals surface area contributed by atoms with Crippen LogP contribution in [0.5, 0.6) is 0 Å². The summed E-state index contributed by atoms with van der Waals surface area (Å²) in [6, 6.07) is 19.7. The van der Waals surface area contributed by atoms with Gasteiger partial charge in [0.25, 0.3) is 5.56 Å². The standard InChI is InChI=1S/C28H32N2O3.2C2H6/c1-4-14-23-24(19-13-20-26(31)33-6-3)29-25(5-2)30(28(23)32)27(21-15-9-7-10-16-21)22-17-11-8-12-18-22;2*1-2/h5,7-12,15-18,27H,2,4,6,13-14,19-20H2,1,3H3;2*1-2H3. The number of aryl methyl sites for hydroxylation is 1. The lowest BCUT2D eigenvalue weighted by atomic mass is 9.97. The Labute approximate surface area is 223 Å². The van der Waals surface area contributed by atoms with E-state index in [1.54, 1.807) is 17.6 Å². The third-order valence-corrected chi connectivity index (χ3v) is 5.59. The number of carbonyl (C=O) groups is 1. The number of carbonyl (C=O) groups excluding carboxylic acids is 1. The fourth-order valence-electron chi connectivity index (χ4n) is 4.13. The Morgan fingerprint density at radius 3 is 1.95 bits per heavy atom. The van der Waals surface area contributed by atoms with Gasteiger partial charge in [-0.05, 0) is 43.4 Å². The molecule has 0 aliphatic carbocycles. The van der Waals surface area contributed by atoms with Crippen molar-refractivity contribution in [3.63, 3.8) is 0 Å². The molecule has 200 valence electrons. The highest BCUT2D eigenvalue weighted by Gasteiger charge is 2.23. The number of rotatable bonds is 11. The summed E-state index contributed by atoms with van der Waals surface area (Å²) in [7, 11) is 0. The van der Waals surface area contributed by atoms with E-state index in [0.717, 1.165) is 23.2 Å². The maximum absolute atomic E-state index is 13.9. The number of hydrogen-bond donors (Lipinski definition) is 0. The number of nitrogens with zero attached hydrogens (tertiary/aromatic N) is 2. The summed E-state index contributed by atoms with van der Waals surface area (Å²) in [5.74, 6) is 0.309. The smallest absolute Gasteiger partial charge is 0.305 e. The molecule has 0 unspecified atom stereocenters. The molecule has 3 aromatic rings. The number of esters is 1. The van der Waals surface area contributed by atoms with E-state index in [2.05, 4.69) is 13.5 Å². The largest absolute Gasteiger partial charge is 0.466 e. The van der Waals surface area contributed by atoms with E-state index in [4.69, 9.17) is 9.72 Å². The highest BCUT2D eigenvalue weighted by atomic mass is 16.5. The van der Waals surface area contributed by atoms with Crippen LogP contribution in [0.2, 0.25) is 0 Å². The van der Waals surface area contributed by atoms with Gasteiger partial charge in [0.1, 0.15) is 5.82 Å². The van der Waals surface area contributed by atoms with Gasteiger partial charge in [-0.25, -0.2) is 4.98 Å². The lowest BCUT2D eigenvalue weighted by Crippen LogP contribution is -2.33. The average molecular weight is 505 g/mol. The normalized spacial score (nSPS) is 10.0. The number of benzene rings is 2. The quantitative estimate of drug-likeness (QED) is 0.255. The molecular formula is C32H44N2O3. The lowest BCUT2D eigenvalue weighted by molar-refractivity contribution is -0.143. The van der Waals surface area contributed by atoms with E-state index in [9.17, 15) is 9.59 Å². The van der Waals surface area contributed by atoms with Gasteiger partial charge in [0.05, 0.1) is 18.3 Å². The molecule has 5 nitrogen and oxygen atoms in total. The fraction of sp³-hybridized carbons (Fsp3) is 0.406. The zero-order valence-electron chi connectivity index (χ0n) is 23.5. The number of hydrogen-bond acceptors (Lipinski definition) is 4. The van der Waals surface area contributed by atoms with Crippen molar-refractivity contribution in [1.29, 1.82) is 0 Å². The molecule has 2 aromatic carbocycles. The van der Waals surface area contributed by atoms with Crippen LogP contribution in [-0.4, -0.2) is 22.1 Å². The molecule has 0 saturated heterocycles. The van der Waals surface area contributed by atoms with Crippen molar-refractivity contribution < 1.29 is 9.53 Å². The van der Waals surface area contributed by atoms with Gasteiger partial charge in [-0.1, -0.05) is 108 Å². The first-order chi connectivity index (χ1) is 18.1. The summed E-state index contributed by atoms with van der Waals surface area (Å²) in [4.78, 5) is 30.6. The minimum atomic E-state index is -0.315. The first-order valence-electron chi connectivity index (χ1n) is 13.6. The molecule has 3 rings (SSSR count). The van der Waals surface area contributed by atoms with Gasteiger partial charge in [-0.3, -0.25) is 14.2 Å².